The molecule has 6 heteroatoms. The summed E-state index contributed by atoms with van der Waals surface area (Å²) in [5.41, 5.74) is 9.23. The van der Waals surface area contributed by atoms with Crippen molar-refractivity contribution in [1.82, 2.24) is 19.1 Å². The maximum absolute atomic E-state index is 5.77. The van der Waals surface area contributed by atoms with Crippen molar-refractivity contribution < 1.29 is 0 Å². The van der Waals surface area contributed by atoms with Gasteiger partial charge in [0.25, 0.3) is 0 Å². The van der Waals surface area contributed by atoms with Gasteiger partial charge in [-0.3, -0.25) is 9.13 Å². The van der Waals surface area contributed by atoms with Gasteiger partial charge in [-0.15, -0.1) is 0 Å². The highest BCUT2D eigenvalue weighted by Gasteiger charge is 2.47. The number of fused-ring (bicyclic) bond motifs is 6. The van der Waals surface area contributed by atoms with E-state index in [1.807, 2.05) is 0 Å². The number of para-hydroxylation sites is 2. The van der Waals surface area contributed by atoms with Crippen LogP contribution < -0.4 is 25.6 Å². The molecule has 5 heterocycles. The van der Waals surface area contributed by atoms with E-state index in [1.54, 1.807) is 0 Å². The molecule has 2 saturated carbocycles. The molecule has 12 aromatic rings. The van der Waals surface area contributed by atoms with E-state index in [0.717, 1.165) is 45.6 Å². The summed E-state index contributed by atoms with van der Waals surface area (Å²) in [6.07, 6.45) is 6.71. The lowest BCUT2D eigenvalue weighted by Crippen LogP contribution is -2.74. The van der Waals surface area contributed by atoms with Crippen molar-refractivity contribution in [2.45, 2.75) is 44.2 Å². The Bertz CT molecular complexity index is 3930. The lowest BCUT2D eigenvalue weighted by atomic mass is 9.63. The van der Waals surface area contributed by atoms with Crippen LogP contribution in [0.15, 0.2) is 237 Å². The zero-order valence-corrected chi connectivity index (χ0v) is 41.6. The smallest absolute Gasteiger partial charge is 0.179 e. The third-order valence-electron chi connectivity index (χ3n) is 16.9. The summed E-state index contributed by atoms with van der Waals surface area (Å²) >= 11 is 0. The molecule has 0 amide bonds. The summed E-state index contributed by atoms with van der Waals surface area (Å²) in [4.78, 5) is 14.3. The Labute approximate surface area is 426 Å². The second kappa shape index (κ2) is 16.9. The molecule has 16 rings (SSSR count). The summed E-state index contributed by atoms with van der Waals surface area (Å²) < 4.78 is 4.80. The van der Waals surface area contributed by atoms with Gasteiger partial charge >= 0.3 is 0 Å². The summed E-state index contributed by atoms with van der Waals surface area (Å²) in [5, 5.41) is 10.1. The number of nitrogens with zero attached hydrogens (tertiary/aromatic N) is 5. The van der Waals surface area contributed by atoms with Crippen molar-refractivity contribution in [3.05, 3.63) is 237 Å². The molecule has 0 unspecified atom stereocenters. The minimum Gasteiger partial charge on any atom is -0.365 e. The quantitative estimate of drug-likeness (QED) is 0.107. The van der Waals surface area contributed by atoms with Gasteiger partial charge in [0, 0.05) is 50.9 Å². The lowest BCUT2D eigenvalue weighted by Gasteiger charge is -2.57. The maximum atomic E-state index is 5.77. The number of piperidine rings is 2. The SMILES string of the molecule is c1ccc(-c2ccc3c(c2)c2ccccc2n3-c2cc(-n3c4ccccc4c4ccc(N5C6CC7CC(C6)CC5C7)cc43)nc(-c3cccc([Si](c4ccccc4)(c4ccccc4)c4ccccc4)c3)n2)cc1. The molecule has 4 bridgehead atoms. The molecule has 0 radical (unpaired) electrons. The second-order valence-corrected chi connectivity index (χ2v) is 24.8. The number of hydrogen-bond donors (Lipinski definition) is 0. The molecule has 350 valence electrons. The monoisotopic (exact) mass is 955 g/mol. The maximum Gasteiger partial charge on any atom is 0.179 e. The van der Waals surface area contributed by atoms with Crippen LogP contribution in [-0.4, -0.2) is 39.3 Å². The van der Waals surface area contributed by atoms with Crippen molar-refractivity contribution in [3.63, 3.8) is 0 Å². The van der Waals surface area contributed by atoms with Crippen LogP contribution in [0.25, 0.3) is 77.8 Å². The van der Waals surface area contributed by atoms with Crippen LogP contribution in [-0.2, 0) is 0 Å². The first-order valence-corrected chi connectivity index (χ1v) is 28.2. The van der Waals surface area contributed by atoms with E-state index in [4.69, 9.17) is 9.97 Å². The fourth-order valence-electron chi connectivity index (χ4n) is 14.1. The topological polar surface area (TPSA) is 38.9 Å². The van der Waals surface area contributed by atoms with Crippen LogP contribution >= 0.6 is 0 Å². The van der Waals surface area contributed by atoms with Gasteiger partial charge < -0.3 is 4.90 Å². The summed E-state index contributed by atoms with van der Waals surface area (Å²) in [6, 6.07) is 88.8. The molecule has 0 N–H and O–H groups in total. The van der Waals surface area contributed by atoms with Gasteiger partial charge in [0.05, 0.1) is 22.1 Å². The molecule has 2 aliphatic heterocycles. The van der Waals surface area contributed by atoms with Gasteiger partial charge in [0.2, 0.25) is 0 Å². The molecular formula is C67H53N5Si. The van der Waals surface area contributed by atoms with Gasteiger partial charge in [0.1, 0.15) is 11.6 Å². The first-order chi connectivity index (χ1) is 36.2. The molecule has 4 fully saturated rings. The van der Waals surface area contributed by atoms with Crippen molar-refractivity contribution in [2.75, 3.05) is 4.90 Å². The zero-order valence-electron chi connectivity index (χ0n) is 40.6. The molecule has 2 aliphatic carbocycles. The van der Waals surface area contributed by atoms with Gasteiger partial charge in [-0.2, -0.15) is 0 Å². The van der Waals surface area contributed by atoms with Crippen LogP contribution in [0.4, 0.5) is 5.69 Å². The first-order valence-electron chi connectivity index (χ1n) is 26.2. The van der Waals surface area contributed by atoms with Crippen molar-refractivity contribution >= 4 is 78.1 Å². The fraction of sp³-hybridized carbons (Fsp3) is 0.134. The van der Waals surface area contributed by atoms with E-state index in [2.05, 4.69) is 251 Å². The Hall–Kier alpha value is -8.32. The van der Waals surface area contributed by atoms with E-state index in [0.29, 0.717) is 17.9 Å². The normalized spacial score (nSPS) is 18.4. The number of rotatable bonds is 9. The summed E-state index contributed by atoms with van der Waals surface area (Å²) in [7, 11) is -2.88. The van der Waals surface area contributed by atoms with Crippen molar-refractivity contribution in [2.24, 2.45) is 11.8 Å². The Balaban J connectivity index is 0.994. The largest absolute Gasteiger partial charge is 0.365 e. The number of anilines is 1. The average Bonchev–Trinajstić information content (AvgIpc) is 3.96. The molecule has 73 heavy (non-hydrogen) atoms. The van der Waals surface area contributed by atoms with Gasteiger partial charge in [-0.05, 0) is 112 Å². The molecule has 2 saturated heterocycles. The Morgan fingerprint density at radius 2 is 0.808 bits per heavy atom. The van der Waals surface area contributed by atoms with Crippen molar-refractivity contribution in [1.29, 1.82) is 0 Å². The zero-order chi connectivity index (χ0) is 48.0. The highest BCUT2D eigenvalue weighted by molar-refractivity contribution is 7.19. The van der Waals surface area contributed by atoms with E-state index in [9.17, 15) is 0 Å². The van der Waals surface area contributed by atoms with Crippen LogP contribution in [0, 0.1) is 11.8 Å². The number of hydrogen-bond acceptors (Lipinski definition) is 3. The predicted molar refractivity (Wildman–Crippen MR) is 305 cm³/mol. The number of benzene rings is 9. The highest BCUT2D eigenvalue weighted by Crippen LogP contribution is 2.51. The minimum atomic E-state index is -2.88. The van der Waals surface area contributed by atoms with E-state index in [1.165, 1.54) is 96.7 Å². The molecule has 5 nitrogen and oxygen atoms in total. The average molecular weight is 956 g/mol. The molecular weight excluding hydrogens is 903 g/mol. The molecule has 3 aromatic heterocycles. The fourth-order valence-corrected chi connectivity index (χ4v) is 18.9. The summed E-state index contributed by atoms with van der Waals surface area (Å²) in [5.74, 6) is 4.13. The van der Waals surface area contributed by atoms with Crippen LogP contribution in [0.1, 0.15) is 32.1 Å². The first kappa shape index (κ1) is 42.4. The molecule has 4 aliphatic rings. The molecule has 9 aromatic carbocycles. The summed E-state index contributed by atoms with van der Waals surface area (Å²) in [6.45, 7) is 0. The van der Waals surface area contributed by atoms with Gasteiger partial charge in [0.15, 0.2) is 13.9 Å². The Morgan fingerprint density at radius 3 is 1.41 bits per heavy atom. The van der Waals surface area contributed by atoms with Gasteiger partial charge in [-0.1, -0.05) is 194 Å². The number of aromatic nitrogens is 4. The lowest BCUT2D eigenvalue weighted by molar-refractivity contribution is 0.0900. The molecule has 0 atom stereocenters. The Kier molecular flexibility index (Phi) is 9.81. The third kappa shape index (κ3) is 6.73. The predicted octanol–water partition coefficient (Wildman–Crippen LogP) is 13.1. The molecule has 0 spiro atoms. The van der Waals surface area contributed by atoms with E-state index < -0.39 is 8.07 Å². The van der Waals surface area contributed by atoms with E-state index >= 15 is 0 Å². The minimum absolute atomic E-state index is 0.618. The van der Waals surface area contributed by atoms with E-state index in [-0.39, 0.29) is 0 Å². The second-order valence-electron chi connectivity index (χ2n) is 21.0. The standard InChI is InChI=1S/C67H53N5Si/c1-5-18-47(19-6-1)48-32-35-63-60(42-48)58-29-14-16-31-62(58)71(63)65-44-66(72-61-30-15-13-28-57(61)59-34-33-50(43-64(59)72)70-51-37-45-36-46(39-51)40-52(70)38-45)69-67(68-65)49-20-17-27-56(41-49)73(53-21-7-2-8-22-53,54-23-9-3-10-24-54)55-25-11-4-12-26-55/h1-35,41-46,51-52H,36-40H2. The van der Waals surface area contributed by atoms with Crippen LogP contribution in [0.5, 0.6) is 0 Å². The van der Waals surface area contributed by atoms with Crippen molar-refractivity contribution in [3.8, 4) is 34.2 Å². The van der Waals surface area contributed by atoms with Crippen LogP contribution in [0.2, 0.25) is 0 Å². The van der Waals surface area contributed by atoms with Gasteiger partial charge in [-0.25, -0.2) is 9.97 Å². The Morgan fingerprint density at radius 1 is 0.329 bits per heavy atom. The third-order valence-corrected chi connectivity index (χ3v) is 21.7. The highest BCUT2D eigenvalue weighted by atomic mass is 28.3. The van der Waals surface area contributed by atoms with Crippen LogP contribution in [0.3, 0.4) is 0 Å².